The van der Waals surface area contributed by atoms with Crippen molar-refractivity contribution in [2.24, 2.45) is 0 Å². The second kappa shape index (κ2) is 5.66. The molecule has 0 aliphatic carbocycles. The van der Waals surface area contributed by atoms with E-state index >= 15 is 0 Å². The summed E-state index contributed by atoms with van der Waals surface area (Å²) >= 11 is 3.28. The van der Waals surface area contributed by atoms with Gasteiger partial charge in [0.25, 0.3) is 0 Å². The monoisotopic (exact) mass is 343 g/mol. The van der Waals surface area contributed by atoms with Gasteiger partial charge in [-0.15, -0.1) is 0 Å². The number of amides is 1. The van der Waals surface area contributed by atoms with Gasteiger partial charge in [-0.05, 0) is 40.5 Å². The number of aromatic nitrogens is 1. The zero-order chi connectivity index (χ0) is 14.9. The van der Waals surface area contributed by atoms with E-state index < -0.39 is 18.1 Å². The van der Waals surface area contributed by atoms with E-state index in [1.165, 1.54) is 0 Å². The van der Waals surface area contributed by atoms with Crippen molar-refractivity contribution in [2.75, 3.05) is 11.9 Å². The Labute approximate surface area is 123 Å². The van der Waals surface area contributed by atoms with Crippen LogP contribution in [-0.2, 0) is 4.79 Å². The van der Waals surface area contributed by atoms with Crippen LogP contribution in [0, 0.1) is 6.92 Å². The molecule has 0 unspecified atom stereocenters. The molecule has 20 heavy (non-hydrogen) atoms. The Kier molecular flexibility index (Phi) is 4.12. The van der Waals surface area contributed by atoms with Crippen molar-refractivity contribution in [3.8, 4) is 0 Å². The molecule has 7 nitrogen and oxygen atoms in total. The lowest BCUT2D eigenvalue weighted by atomic mass is 10.1. The van der Waals surface area contributed by atoms with Crippen LogP contribution in [0.25, 0.3) is 0 Å². The third kappa shape index (κ3) is 3.19. The number of aryl methyl sites for hydroxylation is 1. The summed E-state index contributed by atoms with van der Waals surface area (Å²) in [5.41, 5.74) is 0.997. The Bertz CT molecular complexity index is 509. The van der Waals surface area contributed by atoms with Crippen LogP contribution in [0.5, 0.6) is 0 Å². The molecule has 0 saturated carbocycles. The highest BCUT2D eigenvalue weighted by molar-refractivity contribution is 9.10. The first kappa shape index (κ1) is 14.6. The molecule has 1 aromatic rings. The molecule has 0 aromatic carbocycles. The summed E-state index contributed by atoms with van der Waals surface area (Å²) in [5, 5.41) is 21.1. The van der Waals surface area contributed by atoms with Crippen LogP contribution in [0.2, 0.25) is 0 Å². The maximum atomic E-state index is 11.1. The topological polar surface area (TPSA) is 103 Å². The van der Waals surface area contributed by atoms with Crippen molar-refractivity contribution in [3.05, 3.63) is 22.3 Å². The number of likely N-dealkylation sites (tertiary alicyclic amines) is 1. The Morgan fingerprint density at radius 2 is 2.15 bits per heavy atom. The quantitative estimate of drug-likeness (QED) is 0.722. The van der Waals surface area contributed by atoms with Gasteiger partial charge in [0, 0.05) is 19.0 Å². The van der Waals surface area contributed by atoms with E-state index in [1.54, 1.807) is 0 Å². The fraction of sp³-hybridized carbons (Fsp3) is 0.417. The Morgan fingerprint density at radius 1 is 1.45 bits per heavy atom. The lowest BCUT2D eigenvalue weighted by Crippen LogP contribution is -2.39. The van der Waals surface area contributed by atoms with Crippen LogP contribution in [-0.4, -0.2) is 50.8 Å². The third-order valence-electron chi connectivity index (χ3n) is 3.12. The standard InChI is InChI=1S/C12H14BrN3O4/c1-6-2-9(13)15-10(3-6)14-7-4-8(11(17)18)16(5-7)12(19)20/h2-3,7-8H,4-5H2,1H3,(H,14,15)(H,17,18)(H,19,20)/t7-,8-/m0/s1. The van der Waals surface area contributed by atoms with E-state index in [1.807, 2.05) is 19.1 Å². The SMILES string of the molecule is Cc1cc(Br)nc(N[C@H]2C[C@@H](C(=O)O)N(C(=O)O)C2)c1. The molecule has 8 heteroatoms. The van der Waals surface area contributed by atoms with E-state index in [-0.39, 0.29) is 19.0 Å². The van der Waals surface area contributed by atoms with Gasteiger partial charge in [0.2, 0.25) is 0 Å². The van der Waals surface area contributed by atoms with Crippen molar-refractivity contribution in [1.82, 2.24) is 9.88 Å². The third-order valence-corrected chi connectivity index (χ3v) is 3.53. The molecule has 0 spiro atoms. The minimum Gasteiger partial charge on any atom is -0.480 e. The first-order chi connectivity index (χ1) is 9.36. The maximum Gasteiger partial charge on any atom is 0.408 e. The smallest absolute Gasteiger partial charge is 0.408 e. The molecule has 1 aliphatic rings. The predicted molar refractivity (Wildman–Crippen MR) is 74.9 cm³/mol. The second-order valence-corrected chi connectivity index (χ2v) is 5.53. The molecule has 1 aromatic heterocycles. The highest BCUT2D eigenvalue weighted by Crippen LogP contribution is 2.22. The van der Waals surface area contributed by atoms with Crippen molar-refractivity contribution >= 4 is 33.8 Å². The van der Waals surface area contributed by atoms with Gasteiger partial charge in [0.15, 0.2) is 0 Å². The van der Waals surface area contributed by atoms with Gasteiger partial charge in [-0.3, -0.25) is 4.90 Å². The fourth-order valence-corrected chi connectivity index (χ4v) is 2.85. The van der Waals surface area contributed by atoms with E-state index in [9.17, 15) is 9.59 Å². The molecule has 0 radical (unpaired) electrons. The van der Waals surface area contributed by atoms with Crippen LogP contribution >= 0.6 is 15.9 Å². The number of nitrogens with one attached hydrogen (secondary N) is 1. The zero-order valence-corrected chi connectivity index (χ0v) is 12.3. The molecular formula is C12H14BrN3O4. The highest BCUT2D eigenvalue weighted by atomic mass is 79.9. The summed E-state index contributed by atoms with van der Waals surface area (Å²) in [5.74, 6) is -0.534. The van der Waals surface area contributed by atoms with Crippen LogP contribution in [0.15, 0.2) is 16.7 Å². The number of anilines is 1. The lowest BCUT2D eigenvalue weighted by Gasteiger charge is -2.17. The van der Waals surface area contributed by atoms with Gasteiger partial charge in [-0.2, -0.15) is 0 Å². The molecule has 2 rings (SSSR count). The van der Waals surface area contributed by atoms with Gasteiger partial charge in [0.05, 0.1) is 0 Å². The normalized spacial score (nSPS) is 21.8. The maximum absolute atomic E-state index is 11.1. The summed E-state index contributed by atoms with van der Waals surface area (Å²) in [6.45, 7) is 2.04. The van der Waals surface area contributed by atoms with E-state index in [4.69, 9.17) is 10.2 Å². The number of hydrogen-bond acceptors (Lipinski definition) is 4. The largest absolute Gasteiger partial charge is 0.480 e. The van der Waals surface area contributed by atoms with Gasteiger partial charge >= 0.3 is 12.1 Å². The van der Waals surface area contributed by atoms with Gasteiger partial charge in [-0.25, -0.2) is 14.6 Å². The van der Waals surface area contributed by atoms with Crippen molar-refractivity contribution in [3.63, 3.8) is 0 Å². The first-order valence-electron chi connectivity index (χ1n) is 6.00. The number of rotatable bonds is 3. The molecule has 108 valence electrons. The predicted octanol–water partition coefficient (Wildman–Crippen LogP) is 1.77. The molecule has 2 heterocycles. The molecule has 2 atom stereocenters. The number of carbonyl (C=O) groups is 2. The number of carboxylic acids is 1. The number of pyridine rings is 1. The zero-order valence-electron chi connectivity index (χ0n) is 10.7. The number of nitrogens with zero attached hydrogens (tertiary/aromatic N) is 2. The van der Waals surface area contributed by atoms with Gasteiger partial charge in [0.1, 0.15) is 16.5 Å². The summed E-state index contributed by atoms with van der Waals surface area (Å²) in [6.07, 6.45) is -1.01. The lowest BCUT2D eigenvalue weighted by molar-refractivity contribution is -0.141. The second-order valence-electron chi connectivity index (χ2n) is 4.72. The molecule has 1 saturated heterocycles. The number of hydrogen-bond donors (Lipinski definition) is 3. The molecular weight excluding hydrogens is 330 g/mol. The summed E-state index contributed by atoms with van der Waals surface area (Å²) in [6, 6.07) is 2.39. The number of halogens is 1. The summed E-state index contributed by atoms with van der Waals surface area (Å²) < 4.78 is 0.669. The molecule has 1 fully saturated rings. The Balaban J connectivity index is 2.11. The van der Waals surface area contributed by atoms with Crippen molar-refractivity contribution < 1.29 is 19.8 Å². The highest BCUT2D eigenvalue weighted by Gasteiger charge is 2.39. The summed E-state index contributed by atoms with van der Waals surface area (Å²) in [7, 11) is 0. The number of carboxylic acid groups (broad SMARTS) is 2. The van der Waals surface area contributed by atoms with Crippen molar-refractivity contribution in [2.45, 2.75) is 25.4 Å². The van der Waals surface area contributed by atoms with E-state index in [0.29, 0.717) is 10.4 Å². The fourth-order valence-electron chi connectivity index (χ4n) is 2.29. The minimum atomic E-state index is -1.22. The van der Waals surface area contributed by atoms with E-state index in [2.05, 4.69) is 26.2 Å². The molecule has 1 aliphatic heterocycles. The van der Waals surface area contributed by atoms with Crippen LogP contribution in [0.1, 0.15) is 12.0 Å². The van der Waals surface area contributed by atoms with Gasteiger partial charge in [-0.1, -0.05) is 0 Å². The average molecular weight is 344 g/mol. The van der Waals surface area contributed by atoms with Crippen molar-refractivity contribution in [1.29, 1.82) is 0 Å². The Morgan fingerprint density at radius 3 is 2.65 bits per heavy atom. The van der Waals surface area contributed by atoms with Gasteiger partial charge < -0.3 is 15.5 Å². The minimum absolute atomic E-state index is 0.125. The Hall–Kier alpha value is -1.83. The van der Waals surface area contributed by atoms with Crippen LogP contribution in [0.3, 0.4) is 0 Å². The first-order valence-corrected chi connectivity index (χ1v) is 6.79. The van der Waals surface area contributed by atoms with E-state index in [0.717, 1.165) is 10.5 Å². The molecule has 0 bridgehead atoms. The number of aliphatic carboxylic acids is 1. The van der Waals surface area contributed by atoms with Crippen LogP contribution in [0.4, 0.5) is 10.6 Å². The molecule has 3 N–H and O–H groups in total. The summed E-state index contributed by atoms with van der Waals surface area (Å²) in [4.78, 5) is 27.3. The average Bonchev–Trinajstić information content (AvgIpc) is 2.71. The van der Waals surface area contributed by atoms with Crippen LogP contribution < -0.4 is 5.32 Å². The molecule has 1 amide bonds.